The van der Waals surface area contributed by atoms with E-state index in [2.05, 4.69) is 20.3 Å². The van der Waals surface area contributed by atoms with Crippen LogP contribution in [0, 0.1) is 0 Å². The maximum absolute atomic E-state index is 5.22. The molecular formula is C15H14N4O2S. The van der Waals surface area contributed by atoms with Gasteiger partial charge >= 0.3 is 0 Å². The Balaban J connectivity index is 1.83. The summed E-state index contributed by atoms with van der Waals surface area (Å²) >= 11 is 1.50. The highest BCUT2D eigenvalue weighted by atomic mass is 32.1. The Kier molecular flexibility index (Phi) is 4.15. The molecule has 3 aromatic heterocycles. The molecular weight excluding hydrogens is 300 g/mol. The minimum atomic E-state index is 0.475. The van der Waals surface area contributed by atoms with Crippen molar-refractivity contribution in [3.63, 3.8) is 0 Å². The lowest BCUT2D eigenvalue weighted by Gasteiger charge is -2.07. The molecule has 112 valence electrons. The molecule has 0 aliphatic rings. The Morgan fingerprint density at radius 3 is 2.73 bits per heavy atom. The van der Waals surface area contributed by atoms with Gasteiger partial charge in [-0.2, -0.15) is 4.98 Å². The summed E-state index contributed by atoms with van der Waals surface area (Å²) < 4.78 is 10.4. The Bertz CT molecular complexity index is 739. The van der Waals surface area contributed by atoms with Gasteiger partial charge in [0, 0.05) is 24.5 Å². The molecule has 0 fully saturated rings. The highest BCUT2D eigenvalue weighted by Crippen LogP contribution is 2.30. The van der Waals surface area contributed by atoms with E-state index < -0.39 is 0 Å². The summed E-state index contributed by atoms with van der Waals surface area (Å²) in [6.07, 6.45) is 3.55. The van der Waals surface area contributed by atoms with Gasteiger partial charge in [-0.15, -0.1) is 0 Å². The van der Waals surface area contributed by atoms with Gasteiger partial charge in [-0.3, -0.25) is 4.98 Å². The summed E-state index contributed by atoms with van der Waals surface area (Å²) in [5, 5.41) is 3.88. The minimum Gasteiger partial charge on any atom is -0.496 e. The zero-order valence-corrected chi connectivity index (χ0v) is 12.9. The standard InChI is InChI=1S/C15H14N4O2S/c1-20-10-7-13(18-14(8-10)21-2)19-15-17-9-12(22-15)11-5-3-4-6-16-11/h3-9H,1-2H3,(H,17,18,19). The minimum absolute atomic E-state index is 0.475. The molecule has 0 atom stereocenters. The molecule has 0 bridgehead atoms. The Morgan fingerprint density at radius 1 is 1.09 bits per heavy atom. The molecule has 0 aliphatic heterocycles. The average Bonchev–Trinajstić information content (AvgIpc) is 3.03. The fourth-order valence-electron chi connectivity index (χ4n) is 1.84. The third kappa shape index (κ3) is 3.15. The molecule has 0 unspecified atom stereocenters. The largest absolute Gasteiger partial charge is 0.496 e. The summed E-state index contributed by atoms with van der Waals surface area (Å²) in [6, 6.07) is 9.28. The van der Waals surface area contributed by atoms with Gasteiger partial charge in [-0.25, -0.2) is 4.98 Å². The van der Waals surface area contributed by atoms with Gasteiger partial charge in [0.25, 0.3) is 0 Å². The van der Waals surface area contributed by atoms with E-state index in [1.165, 1.54) is 11.3 Å². The van der Waals surface area contributed by atoms with Crippen molar-refractivity contribution in [2.24, 2.45) is 0 Å². The van der Waals surface area contributed by atoms with E-state index in [9.17, 15) is 0 Å². The second kappa shape index (κ2) is 6.40. The van der Waals surface area contributed by atoms with E-state index in [-0.39, 0.29) is 0 Å². The zero-order valence-electron chi connectivity index (χ0n) is 12.1. The van der Waals surface area contributed by atoms with Crippen LogP contribution in [0.15, 0.2) is 42.7 Å². The average molecular weight is 314 g/mol. The van der Waals surface area contributed by atoms with Gasteiger partial charge < -0.3 is 14.8 Å². The predicted octanol–water partition coefficient (Wildman–Crippen LogP) is 3.36. The number of pyridine rings is 2. The van der Waals surface area contributed by atoms with Crippen molar-refractivity contribution >= 4 is 22.3 Å². The predicted molar refractivity (Wildman–Crippen MR) is 86.0 cm³/mol. The number of aromatic nitrogens is 3. The third-order valence-corrected chi connectivity index (χ3v) is 3.81. The van der Waals surface area contributed by atoms with Crippen LogP contribution in [-0.2, 0) is 0 Å². The van der Waals surface area contributed by atoms with Crippen LogP contribution >= 0.6 is 11.3 Å². The van der Waals surface area contributed by atoms with E-state index in [4.69, 9.17) is 9.47 Å². The summed E-state index contributed by atoms with van der Waals surface area (Å²) in [5.74, 6) is 1.75. The SMILES string of the molecule is COc1cc(Nc2ncc(-c3ccccn3)s2)nc(OC)c1. The Morgan fingerprint density at radius 2 is 2.00 bits per heavy atom. The highest BCUT2D eigenvalue weighted by Gasteiger charge is 2.08. The molecule has 0 spiro atoms. The molecule has 0 aromatic carbocycles. The van der Waals surface area contributed by atoms with Crippen LogP contribution in [0.1, 0.15) is 0 Å². The lowest BCUT2D eigenvalue weighted by Crippen LogP contribution is -1.96. The fourth-order valence-corrected chi connectivity index (χ4v) is 2.64. The number of anilines is 2. The quantitative estimate of drug-likeness (QED) is 0.779. The van der Waals surface area contributed by atoms with Gasteiger partial charge in [0.05, 0.1) is 24.8 Å². The van der Waals surface area contributed by atoms with Crippen molar-refractivity contribution in [1.29, 1.82) is 0 Å². The number of ether oxygens (including phenoxy) is 2. The van der Waals surface area contributed by atoms with Crippen molar-refractivity contribution in [2.45, 2.75) is 0 Å². The monoisotopic (exact) mass is 314 g/mol. The summed E-state index contributed by atoms with van der Waals surface area (Å²) in [7, 11) is 3.16. The number of nitrogens with one attached hydrogen (secondary N) is 1. The van der Waals surface area contributed by atoms with Crippen LogP contribution in [-0.4, -0.2) is 29.2 Å². The van der Waals surface area contributed by atoms with Gasteiger partial charge in [-0.1, -0.05) is 17.4 Å². The first kappa shape index (κ1) is 14.3. The van der Waals surface area contributed by atoms with Crippen LogP contribution < -0.4 is 14.8 Å². The van der Waals surface area contributed by atoms with E-state index in [1.54, 1.807) is 38.7 Å². The van der Waals surface area contributed by atoms with Gasteiger partial charge in [-0.05, 0) is 12.1 Å². The van der Waals surface area contributed by atoms with Crippen molar-refractivity contribution in [2.75, 3.05) is 19.5 Å². The van der Waals surface area contributed by atoms with Crippen LogP contribution in [0.4, 0.5) is 10.9 Å². The summed E-state index contributed by atoms with van der Waals surface area (Å²) in [5.41, 5.74) is 0.893. The first-order chi connectivity index (χ1) is 10.8. The maximum Gasteiger partial charge on any atom is 0.218 e. The lowest BCUT2D eigenvalue weighted by molar-refractivity contribution is 0.383. The summed E-state index contributed by atoms with van der Waals surface area (Å²) in [4.78, 5) is 14.0. The molecule has 0 amide bonds. The number of methoxy groups -OCH3 is 2. The first-order valence-corrected chi connectivity index (χ1v) is 7.34. The number of hydrogen-bond acceptors (Lipinski definition) is 7. The molecule has 0 saturated heterocycles. The second-order valence-corrected chi connectivity index (χ2v) is 5.33. The van der Waals surface area contributed by atoms with Crippen molar-refractivity contribution in [3.8, 4) is 22.2 Å². The molecule has 0 radical (unpaired) electrons. The van der Waals surface area contributed by atoms with E-state index in [0.717, 1.165) is 15.7 Å². The first-order valence-electron chi connectivity index (χ1n) is 6.53. The molecule has 0 aliphatic carbocycles. The van der Waals surface area contributed by atoms with Crippen molar-refractivity contribution in [1.82, 2.24) is 15.0 Å². The topological polar surface area (TPSA) is 69.2 Å². The molecule has 6 nitrogen and oxygen atoms in total. The number of rotatable bonds is 5. The zero-order chi connectivity index (χ0) is 15.4. The second-order valence-electron chi connectivity index (χ2n) is 4.30. The van der Waals surface area contributed by atoms with Crippen LogP contribution in [0.25, 0.3) is 10.6 Å². The van der Waals surface area contributed by atoms with Gasteiger partial charge in [0.1, 0.15) is 11.6 Å². The van der Waals surface area contributed by atoms with E-state index in [1.807, 2.05) is 18.2 Å². The molecule has 3 aromatic rings. The smallest absolute Gasteiger partial charge is 0.218 e. The van der Waals surface area contributed by atoms with Crippen molar-refractivity contribution < 1.29 is 9.47 Å². The fraction of sp³-hybridized carbons (Fsp3) is 0.133. The molecule has 7 heteroatoms. The normalized spacial score (nSPS) is 10.3. The van der Waals surface area contributed by atoms with Crippen molar-refractivity contribution in [3.05, 3.63) is 42.7 Å². The Hall–Kier alpha value is -2.67. The molecule has 1 N–H and O–H groups in total. The molecule has 3 rings (SSSR count). The Labute approximate surface area is 131 Å². The molecule has 3 heterocycles. The van der Waals surface area contributed by atoms with E-state index in [0.29, 0.717) is 17.4 Å². The molecule has 22 heavy (non-hydrogen) atoms. The summed E-state index contributed by atoms with van der Waals surface area (Å²) in [6.45, 7) is 0. The molecule has 0 saturated carbocycles. The number of thiazole rings is 1. The van der Waals surface area contributed by atoms with Crippen LogP contribution in [0.2, 0.25) is 0 Å². The highest BCUT2D eigenvalue weighted by molar-refractivity contribution is 7.18. The number of nitrogens with zero attached hydrogens (tertiary/aromatic N) is 3. The lowest BCUT2D eigenvalue weighted by atomic mass is 10.3. The van der Waals surface area contributed by atoms with Crippen LogP contribution in [0.3, 0.4) is 0 Å². The van der Waals surface area contributed by atoms with Gasteiger partial charge in [0.2, 0.25) is 5.88 Å². The van der Waals surface area contributed by atoms with Gasteiger partial charge in [0.15, 0.2) is 5.13 Å². The third-order valence-electron chi connectivity index (χ3n) is 2.88. The van der Waals surface area contributed by atoms with Crippen LogP contribution in [0.5, 0.6) is 11.6 Å². The van der Waals surface area contributed by atoms with E-state index >= 15 is 0 Å². The number of hydrogen-bond donors (Lipinski definition) is 1. The maximum atomic E-state index is 5.22.